The van der Waals surface area contributed by atoms with Gasteiger partial charge in [-0.3, -0.25) is 9.59 Å². The van der Waals surface area contributed by atoms with Gasteiger partial charge in [0, 0.05) is 13.1 Å². The lowest BCUT2D eigenvalue weighted by Crippen LogP contribution is -2.37. The smallest absolute Gasteiger partial charge is 0.318 e. The van der Waals surface area contributed by atoms with Gasteiger partial charge in [0.1, 0.15) is 11.5 Å². The molecule has 1 saturated heterocycles. The summed E-state index contributed by atoms with van der Waals surface area (Å²) in [6.07, 6.45) is 3.85. The molecular weight excluding hydrogens is 246 g/mol. The van der Waals surface area contributed by atoms with Gasteiger partial charge in [-0.25, -0.2) is 8.42 Å². The van der Waals surface area contributed by atoms with Crippen LogP contribution in [0.4, 0.5) is 0 Å². The standard InChI is InChI=1S/C10H17NO5S/c12-9(7-17(15,16)8-10(13)14)11-5-3-1-2-4-6-11/h1-8H2,(H,13,14). The Morgan fingerprint density at radius 3 is 2.00 bits per heavy atom. The second kappa shape index (κ2) is 6.00. The average Bonchev–Trinajstić information content (AvgIpc) is 2.41. The highest BCUT2D eigenvalue weighted by Gasteiger charge is 2.24. The van der Waals surface area contributed by atoms with Crippen molar-refractivity contribution in [1.29, 1.82) is 0 Å². The summed E-state index contributed by atoms with van der Waals surface area (Å²) in [6.45, 7) is 1.14. The molecule has 0 unspecified atom stereocenters. The quantitative estimate of drug-likeness (QED) is 0.764. The summed E-state index contributed by atoms with van der Waals surface area (Å²) in [7, 11) is -3.83. The Bertz CT molecular complexity index is 382. The maximum absolute atomic E-state index is 11.7. The second-order valence-electron chi connectivity index (χ2n) is 4.22. The summed E-state index contributed by atoms with van der Waals surface area (Å²) in [5, 5.41) is 8.41. The van der Waals surface area contributed by atoms with Gasteiger partial charge >= 0.3 is 5.97 Å². The number of carbonyl (C=O) groups excluding carboxylic acids is 1. The predicted molar refractivity (Wildman–Crippen MR) is 61.3 cm³/mol. The van der Waals surface area contributed by atoms with Crippen molar-refractivity contribution in [3.63, 3.8) is 0 Å². The number of hydrogen-bond donors (Lipinski definition) is 1. The first kappa shape index (κ1) is 14.0. The SMILES string of the molecule is O=C(O)CS(=O)(=O)CC(=O)N1CCCCCC1. The van der Waals surface area contributed by atoms with E-state index in [1.165, 1.54) is 4.90 Å². The van der Waals surface area contributed by atoms with Crippen LogP contribution in [0.15, 0.2) is 0 Å². The molecule has 0 aromatic rings. The van der Waals surface area contributed by atoms with Crippen LogP contribution in [-0.4, -0.2) is 54.9 Å². The fourth-order valence-electron chi connectivity index (χ4n) is 1.84. The number of carbonyl (C=O) groups is 2. The van der Waals surface area contributed by atoms with Crippen molar-refractivity contribution in [3.8, 4) is 0 Å². The van der Waals surface area contributed by atoms with E-state index < -0.39 is 33.2 Å². The Kier molecular flexibility index (Phi) is 4.92. The Morgan fingerprint density at radius 1 is 1.00 bits per heavy atom. The lowest BCUT2D eigenvalue weighted by molar-refractivity contribution is -0.134. The Hall–Kier alpha value is -1.11. The molecule has 0 atom stereocenters. The first-order chi connectivity index (χ1) is 7.91. The topological polar surface area (TPSA) is 91.7 Å². The zero-order valence-corrected chi connectivity index (χ0v) is 10.4. The van der Waals surface area contributed by atoms with E-state index in [9.17, 15) is 18.0 Å². The number of carboxylic acid groups (broad SMARTS) is 1. The molecule has 6 nitrogen and oxygen atoms in total. The molecule has 0 aromatic heterocycles. The lowest BCUT2D eigenvalue weighted by Gasteiger charge is -2.19. The van der Waals surface area contributed by atoms with Crippen LogP contribution in [0.3, 0.4) is 0 Å². The summed E-state index contributed by atoms with van der Waals surface area (Å²) in [4.78, 5) is 23.5. The van der Waals surface area contributed by atoms with Gasteiger partial charge in [0.2, 0.25) is 5.91 Å². The van der Waals surface area contributed by atoms with E-state index in [-0.39, 0.29) is 0 Å². The van der Waals surface area contributed by atoms with E-state index >= 15 is 0 Å². The molecule has 1 amide bonds. The van der Waals surface area contributed by atoms with E-state index in [1.807, 2.05) is 0 Å². The van der Waals surface area contributed by atoms with Gasteiger partial charge in [0.05, 0.1) is 0 Å². The minimum Gasteiger partial charge on any atom is -0.480 e. The molecule has 1 heterocycles. The summed E-state index contributed by atoms with van der Waals surface area (Å²) >= 11 is 0. The fourth-order valence-corrected chi connectivity index (χ4v) is 2.88. The number of likely N-dealkylation sites (tertiary alicyclic amines) is 1. The molecule has 0 saturated carbocycles. The number of aliphatic carboxylic acids is 1. The van der Waals surface area contributed by atoms with Gasteiger partial charge < -0.3 is 10.0 Å². The summed E-state index contributed by atoms with van der Waals surface area (Å²) in [5.74, 6) is -3.58. The maximum Gasteiger partial charge on any atom is 0.318 e. The lowest BCUT2D eigenvalue weighted by atomic mass is 10.2. The van der Waals surface area contributed by atoms with E-state index in [0.717, 1.165) is 25.7 Å². The molecule has 1 aliphatic heterocycles. The zero-order valence-electron chi connectivity index (χ0n) is 9.59. The molecule has 98 valence electrons. The normalized spacial score (nSPS) is 17.5. The molecule has 0 bridgehead atoms. The van der Waals surface area contributed by atoms with Crippen LogP contribution < -0.4 is 0 Å². The van der Waals surface area contributed by atoms with Gasteiger partial charge in [-0.05, 0) is 12.8 Å². The monoisotopic (exact) mass is 263 g/mol. The van der Waals surface area contributed by atoms with Crippen LogP contribution in [0.5, 0.6) is 0 Å². The molecule has 17 heavy (non-hydrogen) atoms. The number of sulfone groups is 1. The molecular formula is C10H17NO5S. The van der Waals surface area contributed by atoms with Crippen LogP contribution >= 0.6 is 0 Å². The maximum atomic E-state index is 11.7. The first-order valence-electron chi connectivity index (χ1n) is 5.61. The van der Waals surface area contributed by atoms with Crippen LogP contribution in [0.1, 0.15) is 25.7 Å². The van der Waals surface area contributed by atoms with Crippen molar-refractivity contribution < 1.29 is 23.1 Å². The van der Waals surface area contributed by atoms with Gasteiger partial charge in [-0.15, -0.1) is 0 Å². The van der Waals surface area contributed by atoms with Crippen molar-refractivity contribution in [2.75, 3.05) is 24.6 Å². The van der Waals surface area contributed by atoms with Gasteiger partial charge in [0.15, 0.2) is 9.84 Å². The third-order valence-corrected chi connectivity index (χ3v) is 4.02. The van der Waals surface area contributed by atoms with Crippen LogP contribution in [0.25, 0.3) is 0 Å². The molecule has 1 rings (SSSR count). The number of carboxylic acids is 1. The zero-order chi connectivity index (χ0) is 12.9. The highest BCUT2D eigenvalue weighted by molar-refractivity contribution is 7.92. The van der Waals surface area contributed by atoms with Gasteiger partial charge in [0.25, 0.3) is 0 Å². The minimum atomic E-state index is -3.83. The van der Waals surface area contributed by atoms with E-state index in [4.69, 9.17) is 5.11 Å². The number of nitrogens with zero attached hydrogens (tertiary/aromatic N) is 1. The van der Waals surface area contributed by atoms with Crippen LogP contribution in [0, 0.1) is 0 Å². The van der Waals surface area contributed by atoms with Gasteiger partial charge in [-0.1, -0.05) is 12.8 Å². The van der Waals surface area contributed by atoms with Crippen molar-refractivity contribution in [1.82, 2.24) is 4.90 Å². The predicted octanol–water partition coefficient (Wildman–Crippen LogP) is -0.112. The molecule has 0 spiro atoms. The Balaban J connectivity index is 2.55. The Morgan fingerprint density at radius 2 is 1.53 bits per heavy atom. The van der Waals surface area contributed by atoms with Crippen molar-refractivity contribution >= 4 is 21.7 Å². The van der Waals surface area contributed by atoms with E-state index in [2.05, 4.69) is 0 Å². The van der Waals surface area contributed by atoms with E-state index in [1.54, 1.807) is 0 Å². The molecule has 7 heteroatoms. The molecule has 1 aliphatic rings. The average molecular weight is 263 g/mol. The highest BCUT2D eigenvalue weighted by Crippen LogP contribution is 2.10. The molecule has 1 N–H and O–H groups in total. The van der Waals surface area contributed by atoms with Crippen molar-refractivity contribution in [2.45, 2.75) is 25.7 Å². The Labute approximate surface area is 101 Å². The number of rotatable bonds is 4. The largest absolute Gasteiger partial charge is 0.480 e. The molecule has 1 fully saturated rings. The molecule has 0 aliphatic carbocycles. The van der Waals surface area contributed by atoms with Gasteiger partial charge in [-0.2, -0.15) is 0 Å². The minimum absolute atomic E-state index is 0.479. The fraction of sp³-hybridized carbons (Fsp3) is 0.800. The number of amides is 1. The van der Waals surface area contributed by atoms with Crippen molar-refractivity contribution in [2.24, 2.45) is 0 Å². The summed E-state index contributed by atoms with van der Waals surface area (Å²) in [6, 6.07) is 0. The van der Waals surface area contributed by atoms with E-state index in [0.29, 0.717) is 13.1 Å². The second-order valence-corrected chi connectivity index (χ2v) is 6.29. The molecule has 0 radical (unpaired) electrons. The third-order valence-electron chi connectivity index (χ3n) is 2.65. The highest BCUT2D eigenvalue weighted by atomic mass is 32.2. The number of hydrogen-bond acceptors (Lipinski definition) is 4. The van der Waals surface area contributed by atoms with Crippen LogP contribution in [-0.2, 0) is 19.4 Å². The third kappa shape index (κ3) is 5.16. The van der Waals surface area contributed by atoms with Crippen LogP contribution in [0.2, 0.25) is 0 Å². The molecule has 0 aromatic carbocycles. The summed E-state index contributed by atoms with van der Waals surface area (Å²) in [5.41, 5.74) is 0. The summed E-state index contributed by atoms with van der Waals surface area (Å²) < 4.78 is 22.7. The van der Waals surface area contributed by atoms with Crippen molar-refractivity contribution in [3.05, 3.63) is 0 Å². The first-order valence-corrected chi connectivity index (χ1v) is 7.43.